The van der Waals surface area contributed by atoms with Crippen LogP contribution in [0.15, 0.2) is 41.3 Å². The van der Waals surface area contributed by atoms with Crippen molar-refractivity contribution < 1.29 is 19.7 Å². The summed E-state index contributed by atoms with van der Waals surface area (Å²) in [6, 6.07) is 7.31. The van der Waals surface area contributed by atoms with Gasteiger partial charge in [-0.15, -0.1) is 0 Å². The summed E-state index contributed by atoms with van der Waals surface area (Å²) in [4.78, 5) is 31.5. The number of H-pyrrole nitrogens is 1. The number of carbonyl (C=O) groups is 1. The summed E-state index contributed by atoms with van der Waals surface area (Å²) in [5, 5.41) is 19.7. The zero-order chi connectivity index (χ0) is 17.3. The number of phenolic OH excluding ortho intramolecular Hbond substituents is 2. The van der Waals surface area contributed by atoms with Crippen molar-refractivity contribution in [1.82, 2.24) is 9.97 Å². The van der Waals surface area contributed by atoms with E-state index in [0.29, 0.717) is 5.69 Å². The smallest absolute Gasteiger partial charge is 0.340 e. The van der Waals surface area contributed by atoms with E-state index in [1.54, 1.807) is 25.1 Å². The number of hydrogen-bond donors (Lipinski definition) is 3. The number of aromatic hydroxyl groups is 2. The number of aromatic nitrogens is 2. The number of rotatable bonds is 3. The first-order valence-electron chi connectivity index (χ1n) is 7.23. The van der Waals surface area contributed by atoms with Gasteiger partial charge in [-0.2, -0.15) is 0 Å². The molecule has 0 aliphatic carbocycles. The summed E-state index contributed by atoms with van der Waals surface area (Å²) in [6.45, 7) is 1.78. The predicted octanol–water partition coefficient (Wildman–Crippen LogP) is 2.18. The standard InChI is InChI=1S/C17H14N2O5/c1-2-24-17(23)14-10-7-9(20)8-12(21)13(10)16(22)19-15(14)11-5-3-4-6-18-11/h3-8,20-21H,2H2,1H3,(H,19,22). The Balaban J connectivity index is 2.46. The van der Waals surface area contributed by atoms with Crippen molar-refractivity contribution in [3.05, 3.63) is 52.4 Å². The number of nitrogens with one attached hydrogen (secondary N) is 1. The molecule has 7 nitrogen and oxygen atoms in total. The molecule has 0 saturated carbocycles. The third-order valence-corrected chi connectivity index (χ3v) is 3.49. The van der Waals surface area contributed by atoms with Gasteiger partial charge in [0.1, 0.15) is 11.5 Å². The first kappa shape index (κ1) is 15.5. The minimum Gasteiger partial charge on any atom is -0.508 e. The van der Waals surface area contributed by atoms with Gasteiger partial charge in [-0.05, 0) is 25.1 Å². The zero-order valence-corrected chi connectivity index (χ0v) is 12.7. The second-order valence-electron chi connectivity index (χ2n) is 5.03. The van der Waals surface area contributed by atoms with Gasteiger partial charge in [-0.1, -0.05) is 6.07 Å². The van der Waals surface area contributed by atoms with Gasteiger partial charge < -0.3 is 19.9 Å². The lowest BCUT2D eigenvalue weighted by molar-refractivity contribution is 0.0529. The van der Waals surface area contributed by atoms with Crippen molar-refractivity contribution >= 4 is 16.7 Å². The number of carbonyl (C=O) groups excluding carboxylic acids is 1. The van der Waals surface area contributed by atoms with Gasteiger partial charge in [0.2, 0.25) is 0 Å². The molecule has 0 unspecified atom stereocenters. The highest BCUT2D eigenvalue weighted by Gasteiger charge is 2.23. The fourth-order valence-electron chi connectivity index (χ4n) is 2.54. The van der Waals surface area contributed by atoms with E-state index in [1.165, 1.54) is 12.3 Å². The zero-order valence-electron chi connectivity index (χ0n) is 12.7. The molecule has 2 heterocycles. The maximum absolute atomic E-state index is 12.5. The highest BCUT2D eigenvalue weighted by molar-refractivity contribution is 6.10. The van der Waals surface area contributed by atoms with Gasteiger partial charge in [0, 0.05) is 17.6 Å². The Morgan fingerprint density at radius 1 is 1.29 bits per heavy atom. The van der Waals surface area contributed by atoms with Crippen molar-refractivity contribution in [2.75, 3.05) is 6.61 Å². The van der Waals surface area contributed by atoms with Gasteiger partial charge >= 0.3 is 5.97 Å². The molecule has 0 aliphatic rings. The molecule has 0 radical (unpaired) electrons. The molecule has 2 aromatic heterocycles. The van der Waals surface area contributed by atoms with Gasteiger partial charge in [0.15, 0.2) is 0 Å². The van der Waals surface area contributed by atoms with Crippen molar-refractivity contribution in [3.63, 3.8) is 0 Å². The molecule has 3 aromatic rings. The molecule has 0 bridgehead atoms. The lowest BCUT2D eigenvalue weighted by Crippen LogP contribution is -2.16. The van der Waals surface area contributed by atoms with E-state index >= 15 is 0 Å². The molecule has 0 aliphatic heterocycles. The molecular formula is C17H14N2O5. The molecule has 3 rings (SSSR count). The van der Waals surface area contributed by atoms with Gasteiger partial charge in [0.05, 0.1) is 28.9 Å². The summed E-state index contributed by atoms with van der Waals surface area (Å²) >= 11 is 0. The highest BCUT2D eigenvalue weighted by atomic mass is 16.5. The normalized spacial score (nSPS) is 10.7. The average Bonchev–Trinajstić information content (AvgIpc) is 2.54. The van der Waals surface area contributed by atoms with Crippen LogP contribution in [0.5, 0.6) is 11.5 Å². The van der Waals surface area contributed by atoms with Crippen LogP contribution < -0.4 is 5.56 Å². The highest BCUT2D eigenvalue weighted by Crippen LogP contribution is 2.33. The molecule has 0 fully saturated rings. The molecule has 3 N–H and O–H groups in total. The quantitative estimate of drug-likeness (QED) is 0.636. The fourth-order valence-corrected chi connectivity index (χ4v) is 2.54. The molecule has 1 aromatic carbocycles. The summed E-state index contributed by atoms with van der Waals surface area (Å²) < 4.78 is 5.07. The van der Waals surface area contributed by atoms with Crippen LogP contribution in [0.4, 0.5) is 0 Å². The summed E-state index contributed by atoms with van der Waals surface area (Å²) in [5.41, 5.74) is -0.0495. The Bertz CT molecular complexity index is 980. The predicted molar refractivity (Wildman–Crippen MR) is 87.1 cm³/mol. The van der Waals surface area contributed by atoms with Crippen LogP contribution in [0.1, 0.15) is 17.3 Å². The first-order chi connectivity index (χ1) is 11.5. The SMILES string of the molecule is CCOC(=O)c1c(-c2ccccn2)[nH]c(=O)c2c(O)cc(O)cc12. The Morgan fingerprint density at radius 2 is 2.08 bits per heavy atom. The van der Waals surface area contributed by atoms with Crippen LogP contribution in [-0.2, 0) is 4.74 Å². The summed E-state index contributed by atoms with van der Waals surface area (Å²) in [7, 11) is 0. The maximum atomic E-state index is 12.5. The van der Waals surface area contributed by atoms with Crippen LogP contribution in [0.2, 0.25) is 0 Å². The lowest BCUT2D eigenvalue weighted by atomic mass is 10.0. The van der Waals surface area contributed by atoms with Gasteiger partial charge in [0.25, 0.3) is 5.56 Å². The van der Waals surface area contributed by atoms with Crippen molar-refractivity contribution in [2.45, 2.75) is 6.92 Å². The number of esters is 1. The second-order valence-corrected chi connectivity index (χ2v) is 5.03. The van der Waals surface area contributed by atoms with Crippen molar-refractivity contribution in [2.24, 2.45) is 0 Å². The van der Waals surface area contributed by atoms with Crippen LogP contribution in [0.3, 0.4) is 0 Å². The fraction of sp³-hybridized carbons (Fsp3) is 0.118. The number of hydrogen-bond acceptors (Lipinski definition) is 6. The number of nitrogens with zero attached hydrogens (tertiary/aromatic N) is 1. The molecular weight excluding hydrogens is 312 g/mol. The minimum absolute atomic E-state index is 0.0244. The molecule has 0 amide bonds. The molecule has 24 heavy (non-hydrogen) atoms. The maximum Gasteiger partial charge on any atom is 0.340 e. The Hall–Kier alpha value is -3.35. The number of fused-ring (bicyclic) bond motifs is 1. The van der Waals surface area contributed by atoms with Crippen LogP contribution in [0, 0.1) is 0 Å². The number of aromatic amines is 1. The van der Waals surface area contributed by atoms with E-state index in [4.69, 9.17) is 4.74 Å². The van der Waals surface area contributed by atoms with Crippen LogP contribution in [-0.4, -0.2) is 32.8 Å². The molecule has 0 saturated heterocycles. The Kier molecular flexibility index (Phi) is 3.91. The van der Waals surface area contributed by atoms with Crippen molar-refractivity contribution in [3.8, 4) is 22.9 Å². The summed E-state index contributed by atoms with van der Waals surface area (Å²) in [6.07, 6.45) is 1.52. The monoisotopic (exact) mass is 326 g/mol. The largest absolute Gasteiger partial charge is 0.508 e. The Morgan fingerprint density at radius 3 is 2.75 bits per heavy atom. The van der Waals surface area contributed by atoms with Gasteiger partial charge in [-0.3, -0.25) is 9.78 Å². The van der Waals surface area contributed by atoms with E-state index in [2.05, 4.69) is 9.97 Å². The first-order valence-corrected chi connectivity index (χ1v) is 7.23. The average molecular weight is 326 g/mol. The number of pyridine rings is 2. The van der Waals surface area contributed by atoms with E-state index in [-0.39, 0.29) is 34.4 Å². The number of phenols is 2. The summed E-state index contributed by atoms with van der Waals surface area (Å²) in [5.74, 6) is -1.39. The minimum atomic E-state index is -0.690. The third kappa shape index (κ3) is 2.56. The third-order valence-electron chi connectivity index (χ3n) is 3.49. The van der Waals surface area contributed by atoms with Crippen molar-refractivity contribution in [1.29, 1.82) is 0 Å². The van der Waals surface area contributed by atoms with Gasteiger partial charge in [-0.25, -0.2) is 4.79 Å². The molecule has 7 heteroatoms. The van der Waals surface area contributed by atoms with Crippen LogP contribution in [0.25, 0.3) is 22.2 Å². The number of ether oxygens (including phenoxy) is 1. The topological polar surface area (TPSA) is 113 Å². The second kappa shape index (κ2) is 6.04. The number of benzene rings is 1. The molecule has 0 atom stereocenters. The van der Waals surface area contributed by atoms with E-state index in [9.17, 15) is 19.8 Å². The van der Waals surface area contributed by atoms with E-state index in [0.717, 1.165) is 6.07 Å². The molecule has 0 spiro atoms. The lowest BCUT2D eigenvalue weighted by Gasteiger charge is -2.12. The van der Waals surface area contributed by atoms with E-state index < -0.39 is 17.3 Å². The Labute approximate surface area is 136 Å². The van der Waals surface area contributed by atoms with Crippen LogP contribution >= 0.6 is 0 Å². The van der Waals surface area contributed by atoms with E-state index in [1.807, 2.05) is 0 Å². The molecule has 122 valence electrons.